The molecule has 0 atom stereocenters. The maximum atomic E-state index is 12.2. The van der Waals surface area contributed by atoms with Crippen LogP contribution in [0.25, 0.3) is 0 Å². The van der Waals surface area contributed by atoms with Crippen molar-refractivity contribution >= 4 is 17.4 Å². The second-order valence-corrected chi connectivity index (χ2v) is 5.47. The van der Waals surface area contributed by atoms with Crippen molar-refractivity contribution in [2.75, 3.05) is 4.90 Å². The number of hydrogen-bond acceptors (Lipinski definition) is 2. The van der Waals surface area contributed by atoms with Crippen LogP contribution in [-0.4, -0.2) is 11.7 Å². The summed E-state index contributed by atoms with van der Waals surface area (Å²) in [6, 6.07) is 7.31. The van der Waals surface area contributed by atoms with Crippen LogP contribution in [0.3, 0.4) is 0 Å². The van der Waals surface area contributed by atoms with Crippen LogP contribution >= 0.6 is 0 Å². The Morgan fingerprint density at radius 1 is 1.26 bits per heavy atom. The SMILES string of the molecule is C#Cc1ccccc1N(/C=C1\CC(=O)C(CC)=C1CC)C(C)=O. The van der Waals surface area contributed by atoms with Crippen molar-refractivity contribution in [1.29, 1.82) is 0 Å². The van der Waals surface area contributed by atoms with Crippen LogP contribution in [0.1, 0.15) is 45.6 Å². The molecular formula is C20H21NO2. The fraction of sp³-hybridized carbons (Fsp3) is 0.300. The van der Waals surface area contributed by atoms with E-state index in [0.29, 0.717) is 17.7 Å². The lowest BCUT2D eigenvalue weighted by Crippen LogP contribution is -2.23. The molecule has 2 rings (SSSR count). The van der Waals surface area contributed by atoms with Gasteiger partial charge in [0.25, 0.3) is 0 Å². The summed E-state index contributed by atoms with van der Waals surface area (Å²) in [7, 11) is 0. The Morgan fingerprint density at radius 3 is 2.48 bits per heavy atom. The second kappa shape index (κ2) is 7.11. The van der Waals surface area contributed by atoms with Crippen molar-refractivity contribution in [3.63, 3.8) is 0 Å². The van der Waals surface area contributed by atoms with E-state index >= 15 is 0 Å². The number of terminal acetylenes is 1. The van der Waals surface area contributed by atoms with Crippen molar-refractivity contribution < 1.29 is 9.59 Å². The maximum absolute atomic E-state index is 12.2. The van der Waals surface area contributed by atoms with Gasteiger partial charge in [0.15, 0.2) is 5.78 Å². The van der Waals surface area contributed by atoms with E-state index in [-0.39, 0.29) is 11.7 Å². The molecule has 1 aliphatic carbocycles. The molecule has 0 radical (unpaired) electrons. The van der Waals surface area contributed by atoms with Gasteiger partial charge in [-0.1, -0.05) is 31.9 Å². The molecule has 0 spiro atoms. The molecule has 0 unspecified atom stereocenters. The van der Waals surface area contributed by atoms with Gasteiger partial charge in [-0.3, -0.25) is 14.5 Å². The molecule has 23 heavy (non-hydrogen) atoms. The van der Waals surface area contributed by atoms with E-state index < -0.39 is 0 Å². The highest BCUT2D eigenvalue weighted by Gasteiger charge is 2.26. The number of ketones is 1. The number of Topliss-reactive ketones (excluding diaryl/α,β-unsaturated/α-hetero) is 1. The van der Waals surface area contributed by atoms with Gasteiger partial charge in [-0.15, -0.1) is 6.42 Å². The predicted molar refractivity (Wildman–Crippen MR) is 92.9 cm³/mol. The van der Waals surface area contributed by atoms with Crippen molar-refractivity contribution in [2.24, 2.45) is 0 Å². The minimum Gasteiger partial charge on any atom is -0.294 e. The zero-order chi connectivity index (χ0) is 17.0. The number of carbonyl (C=O) groups is 2. The van der Waals surface area contributed by atoms with E-state index in [0.717, 1.165) is 29.6 Å². The number of benzene rings is 1. The van der Waals surface area contributed by atoms with Gasteiger partial charge in [0.05, 0.1) is 5.69 Å². The van der Waals surface area contributed by atoms with Crippen LogP contribution in [0, 0.1) is 12.3 Å². The van der Waals surface area contributed by atoms with Crippen LogP contribution in [-0.2, 0) is 9.59 Å². The summed E-state index contributed by atoms with van der Waals surface area (Å²) in [6.07, 6.45) is 9.18. The fourth-order valence-electron chi connectivity index (χ4n) is 3.01. The summed E-state index contributed by atoms with van der Waals surface area (Å²) in [6.45, 7) is 5.52. The number of hydrogen-bond donors (Lipinski definition) is 0. The van der Waals surface area contributed by atoms with E-state index in [2.05, 4.69) is 5.92 Å². The van der Waals surface area contributed by atoms with Crippen molar-refractivity contribution in [3.8, 4) is 12.3 Å². The van der Waals surface area contributed by atoms with Gasteiger partial charge < -0.3 is 0 Å². The molecule has 0 bridgehead atoms. The first-order valence-electron chi connectivity index (χ1n) is 7.85. The zero-order valence-electron chi connectivity index (χ0n) is 13.8. The second-order valence-electron chi connectivity index (χ2n) is 5.47. The van der Waals surface area contributed by atoms with E-state index in [4.69, 9.17) is 6.42 Å². The van der Waals surface area contributed by atoms with Crippen LogP contribution < -0.4 is 4.90 Å². The van der Waals surface area contributed by atoms with Crippen molar-refractivity contribution in [1.82, 2.24) is 0 Å². The van der Waals surface area contributed by atoms with Gasteiger partial charge in [-0.05, 0) is 41.7 Å². The third-order valence-electron chi connectivity index (χ3n) is 4.09. The largest absolute Gasteiger partial charge is 0.294 e. The zero-order valence-corrected chi connectivity index (χ0v) is 13.8. The van der Waals surface area contributed by atoms with Gasteiger partial charge in [0, 0.05) is 25.1 Å². The lowest BCUT2D eigenvalue weighted by molar-refractivity contribution is -0.116. The van der Waals surface area contributed by atoms with Gasteiger partial charge in [0.1, 0.15) is 0 Å². The molecule has 0 saturated carbocycles. The summed E-state index contributed by atoms with van der Waals surface area (Å²) in [5.74, 6) is 2.63. The van der Waals surface area contributed by atoms with Crippen LogP contribution in [0.2, 0.25) is 0 Å². The summed E-state index contributed by atoms with van der Waals surface area (Å²) in [5, 5.41) is 0. The quantitative estimate of drug-likeness (QED) is 0.789. The lowest BCUT2D eigenvalue weighted by atomic mass is 10.0. The number of rotatable bonds is 4. The van der Waals surface area contributed by atoms with Gasteiger partial charge in [-0.2, -0.15) is 0 Å². The van der Waals surface area contributed by atoms with Gasteiger partial charge >= 0.3 is 0 Å². The number of nitrogens with zero attached hydrogens (tertiary/aromatic N) is 1. The Morgan fingerprint density at radius 2 is 1.91 bits per heavy atom. The molecule has 1 aromatic carbocycles. The third-order valence-corrected chi connectivity index (χ3v) is 4.09. The minimum atomic E-state index is -0.131. The number of para-hydroxylation sites is 1. The summed E-state index contributed by atoms with van der Waals surface area (Å²) in [5.41, 5.74) is 4.18. The molecule has 1 amide bonds. The monoisotopic (exact) mass is 307 g/mol. The van der Waals surface area contributed by atoms with E-state index in [1.54, 1.807) is 17.2 Å². The standard InChI is InChI=1S/C20H21NO2/c1-5-15-10-8-9-11-19(15)21(14(4)22)13-16-12-20(23)18(7-3)17(16)6-2/h1,8-11,13H,6-7,12H2,2-4H3/b16-13+. The average molecular weight is 307 g/mol. The first-order chi connectivity index (χ1) is 11.0. The topological polar surface area (TPSA) is 37.4 Å². The first-order valence-corrected chi connectivity index (χ1v) is 7.85. The molecule has 1 aromatic rings. The van der Waals surface area contributed by atoms with E-state index in [9.17, 15) is 9.59 Å². The highest BCUT2D eigenvalue weighted by atomic mass is 16.2. The Hall–Kier alpha value is -2.60. The molecule has 1 aliphatic rings. The van der Waals surface area contributed by atoms with Crippen LogP contribution in [0.4, 0.5) is 5.69 Å². The predicted octanol–water partition coefficient (Wildman–Crippen LogP) is 3.99. The molecule has 3 nitrogen and oxygen atoms in total. The van der Waals surface area contributed by atoms with Crippen LogP contribution in [0.5, 0.6) is 0 Å². The Kier molecular flexibility index (Phi) is 5.18. The molecule has 0 saturated heterocycles. The molecule has 0 N–H and O–H groups in total. The molecular weight excluding hydrogens is 286 g/mol. The van der Waals surface area contributed by atoms with Gasteiger partial charge in [-0.25, -0.2) is 0 Å². The number of amides is 1. The molecule has 118 valence electrons. The maximum Gasteiger partial charge on any atom is 0.227 e. The Labute approximate surface area is 137 Å². The first kappa shape index (κ1) is 16.8. The molecule has 3 heteroatoms. The smallest absolute Gasteiger partial charge is 0.227 e. The Balaban J connectivity index is 2.53. The molecule has 0 aromatic heterocycles. The normalized spacial score (nSPS) is 15.9. The summed E-state index contributed by atoms with van der Waals surface area (Å²) < 4.78 is 0. The van der Waals surface area contributed by atoms with Gasteiger partial charge in [0.2, 0.25) is 5.91 Å². The summed E-state index contributed by atoms with van der Waals surface area (Å²) in [4.78, 5) is 25.8. The third kappa shape index (κ3) is 3.27. The fourth-order valence-corrected chi connectivity index (χ4v) is 3.01. The molecule has 0 aliphatic heterocycles. The number of allylic oxidation sites excluding steroid dienone is 3. The van der Waals surface area contributed by atoms with E-state index in [1.165, 1.54) is 6.92 Å². The van der Waals surface area contributed by atoms with Crippen molar-refractivity contribution in [2.45, 2.75) is 40.0 Å². The average Bonchev–Trinajstić information content (AvgIpc) is 2.86. The Bertz CT molecular complexity index is 747. The van der Waals surface area contributed by atoms with E-state index in [1.807, 2.05) is 32.0 Å². The summed E-state index contributed by atoms with van der Waals surface area (Å²) >= 11 is 0. The highest BCUT2D eigenvalue weighted by Crippen LogP contribution is 2.34. The van der Waals surface area contributed by atoms with Crippen LogP contribution in [0.15, 0.2) is 47.2 Å². The number of carbonyl (C=O) groups excluding carboxylic acids is 2. The molecule has 0 fully saturated rings. The molecule has 0 heterocycles. The highest BCUT2D eigenvalue weighted by molar-refractivity contribution is 6.03. The van der Waals surface area contributed by atoms with Crippen molar-refractivity contribution in [3.05, 3.63) is 52.7 Å². The lowest BCUT2D eigenvalue weighted by Gasteiger charge is -2.20. The minimum absolute atomic E-state index is 0.131. The number of anilines is 1.